The molecule has 0 saturated carbocycles. The van der Waals surface area contributed by atoms with Crippen molar-refractivity contribution in [1.29, 1.82) is 0 Å². The minimum Gasteiger partial charge on any atom is -0.324 e. The Labute approximate surface area is 159 Å². The highest BCUT2D eigenvalue weighted by molar-refractivity contribution is 6.31. The first kappa shape index (κ1) is 17.2. The van der Waals surface area contributed by atoms with Gasteiger partial charge >= 0.3 is 0 Å². The lowest BCUT2D eigenvalue weighted by Crippen LogP contribution is -2.29. The van der Waals surface area contributed by atoms with Crippen molar-refractivity contribution in [2.45, 2.75) is 20.4 Å². The molecule has 4 aromatic rings. The van der Waals surface area contributed by atoms with Crippen LogP contribution >= 0.6 is 11.6 Å². The molecular formula is C19H16ClN5O2. The Bertz CT molecular complexity index is 1240. The number of hydrogen-bond acceptors (Lipinski definition) is 4. The van der Waals surface area contributed by atoms with E-state index in [0.717, 1.165) is 16.8 Å². The molecule has 0 atom stereocenters. The number of benzene rings is 2. The number of aromatic nitrogens is 4. The topological polar surface area (TPSA) is 81.3 Å². The summed E-state index contributed by atoms with van der Waals surface area (Å²) in [4.78, 5) is 25.6. The molecule has 0 fully saturated rings. The van der Waals surface area contributed by atoms with Gasteiger partial charge in [0.25, 0.3) is 5.56 Å². The third-order valence-corrected chi connectivity index (χ3v) is 4.75. The van der Waals surface area contributed by atoms with E-state index >= 15 is 0 Å². The summed E-state index contributed by atoms with van der Waals surface area (Å²) in [6, 6.07) is 10.7. The van der Waals surface area contributed by atoms with Gasteiger partial charge in [0.15, 0.2) is 5.65 Å². The number of halogens is 1. The predicted molar refractivity (Wildman–Crippen MR) is 104 cm³/mol. The molecule has 0 spiro atoms. The van der Waals surface area contributed by atoms with E-state index < -0.39 is 0 Å². The number of hydrogen-bond donors (Lipinski definition) is 1. The molecule has 0 unspecified atom stereocenters. The van der Waals surface area contributed by atoms with Gasteiger partial charge in [0.2, 0.25) is 5.91 Å². The van der Waals surface area contributed by atoms with E-state index in [9.17, 15) is 9.59 Å². The Morgan fingerprint density at radius 3 is 2.67 bits per heavy atom. The first-order chi connectivity index (χ1) is 13.0. The van der Waals surface area contributed by atoms with Crippen molar-refractivity contribution in [1.82, 2.24) is 19.4 Å². The Kier molecular flexibility index (Phi) is 4.16. The first-order valence-electron chi connectivity index (χ1n) is 8.34. The van der Waals surface area contributed by atoms with Crippen LogP contribution < -0.4 is 10.9 Å². The summed E-state index contributed by atoms with van der Waals surface area (Å²) < 4.78 is 2.87. The molecule has 0 aliphatic heterocycles. The maximum atomic E-state index is 12.9. The second-order valence-electron chi connectivity index (χ2n) is 6.37. The number of carbonyl (C=O) groups excluding carboxylic acids is 1. The molecule has 0 aliphatic rings. The SMILES string of the molecule is Cc1cccc(C)c1NC(=O)Cn1c(=O)c2ccc(Cl)cc2n2nncc12. The van der Waals surface area contributed by atoms with E-state index in [0.29, 0.717) is 21.6 Å². The Hall–Kier alpha value is -3.19. The lowest BCUT2D eigenvalue weighted by molar-refractivity contribution is -0.116. The van der Waals surface area contributed by atoms with Gasteiger partial charge in [-0.05, 0) is 43.2 Å². The largest absolute Gasteiger partial charge is 0.324 e. The molecule has 27 heavy (non-hydrogen) atoms. The number of carbonyl (C=O) groups is 1. The van der Waals surface area contributed by atoms with Crippen molar-refractivity contribution in [2.24, 2.45) is 0 Å². The van der Waals surface area contributed by atoms with Crippen molar-refractivity contribution >= 4 is 39.7 Å². The number of rotatable bonds is 3. The summed E-state index contributed by atoms with van der Waals surface area (Å²) in [7, 11) is 0. The molecule has 1 amide bonds. The zero-order valence-corrected chi connectivity index (χ0v) is 15.5. The smallest absolute Gasteiger partial charge is 0.262 e. The van der Waals surface area contributed by atoms with Gasteiger partial charge in [-0.2, -0.15) is 4.52 Å². The average Bonchev–Trinajstić information content (AvgIpc) is 3.11. The van der Waals surface area contributed by atoms with Crippen LogP contribution in [-0.2, 0) is 11.3 Å². The molecule has 2 aromatic carbocycles. The normalized spacial score (nSPS) is 11.2. The fraction of sp³-hybridized carbons (Fsp3) is 0.158. The van der Waals surface area contributed by atoms with Crippen LogP contribution in [0.2, 0.25) is 5.02 Å². The Balaban J connectivity index is 1.78. The van der Waals surface area contributed by atoms with Crippen LogP contribution in [0.5, 0.6) is 0 Å². The highest BCUT2D eigenvalue weighted by Gasteiger charge is 2.16. The third kappa shape index (κ3) is 2.96. The number of fused-ring (bicyclic) bond motifs is 3. The van der Waals surface area contributed by atoms with Crippen LogP contribution in [0.4, 0.5) is 5.69 Å². The Morgan fingerprint density at radius 1 is 1.19 bits per heavy atom. The number of nitrogens with zero attached hydrogens (tertiary/aromatic N) is 4. The quantitative estimate of drug-likeness (QED) is 0.591. The van der Waals surface area contributed by atoms with E-state index in [1.807, 2.05) is 32.0 Å². The van der Waals surface area contributed by atoms with Crippen molar-refractivity contribution < 1.29 is 4.79 Å². The van der Waals surface area contributed by atoms with Crippen molar-refractivity contribution in [3.8, 4) is 0 Å². The van der Waals surface area contributed by atoms with E-state index in [2.05, 4.69) is 15.6 Å². The fourth-order valence-corrected chi connectivity index (χ4v) is 3.35. The van der Waals surface area contributed by atoms with Crippen LogP contribution in [-0.4, -0.2) is 25.3 Å². The number of anilines is 1. The molecule has 1 N–H and O–H groups in total. The summed E-state index contributed by atoms with van der Waals surface area (Å²) in [5.74, 6) is -0.300. The Morgan fingerprint density at radius 2 is 1.93 bits per heavy atom. The number of para-hydroxylation sites is 1. The molecule has 0 aliphatic carbocycles. The van der Waals surface area contributed by atoms with E-state index in [-0.39, 0.29) is 18.0 Å². The molecule has 8 heteroatoms. The predicted octanol–water partition coefficient (Wildman–Crippen LogP) is 2.95. The van der Waals surface area contributed by atoms with Crippen molar-refractivity contribution in [3.05, 3.63) is 69.1 Å². The molecule has 136 valence electrons. The monoisotopic (exact) mass is 381 g/mol. The van der Waals surface area contributed by atoms with Gasteiger partial charge in [-0.25, -0.2) is 0 Å². The standard InChI is InChI=1S/C19H16ClN5O2/c1-11-4-3-5-12(2)18(11)22-16(26)10-24-17-9-21-23-25(17)15-8-13(20)6-7-14(15)19(24)27/h3-9H,10H2,1-2H3,(H,22,26). The maximum absolute atomic E-state index is 12.9. The molecular weight excluding hydrogens is 366 g/mol. The van der Waals surface area contributed by atoms with Crippen LogP contribution in [0.15, 0.2) is 47.4 Å². The lowest BCUT2D eigenvalue weighted by Gasteiger charge is -2.13. The lowest BCUT2D eigenvalue weighted by atomic mass is 10.1. The van der Waals surface area contributed by atoms with Gasteiger partial charge in [0.05, 0.1) is 17.1 Å². The third-order valence-electron chi connectivity index (χ3n) is 4.52. The summed E-state index contributed by atoms with van der Waals surface area (Å²) in [6.45, 7) is 3.70. The number of aryl methyl sites for hydroxylation is 2. The van der Waals surface area contributed by atoms with E-state index in [4.69, 9.17) is 11.6 Å². The van der Waals surface area contributed by atoms with Gasteiger partial charge < -0.3 is 5.32 Å². The van der Waals surface area contributed by atoms with Crippen LogP contribution in [0, 0.1) is 13.8 Å². The summed E-state index contributed by atoms with van der Waals surface area (Å²) in [5, 5.41) is 11.7. The van der Waals surface area contributed by atoms with Gasteiger partial charge in [-0.1, -0.05) is 35.0 Å². The zero-order chi connectivity index (χ0) is 19.1. The molecule has 0 bridgehead atoms. The minimum absolute atomic E-state index is 0.151. The first-order valence-corrected chi connectivity index (χ1v) is 8.72. The molecule has 7 nitrogen and oxygen atoms in total. The number of amides is 1. The molecule has 0 radical (unpaired) electrons. The van der Waals surface area contributed by atoms with Gasteiger partial charge in [-0.15, -0.1) is 5.10 Å². The summed E-state index contributed by atoms with van der Waals surface area (Å²) in [5.41, 5.74) is 3.34. The summed E-state index contributed by atoms with van der Waals surface area (Å²) >= 11 is 6.05. The molecule has 2 aromatic heterocycles. The van der Waals surface area contributed by atoms with E-state index in [1.54, 1.807) is 18.2 Å². The maximum Gasteiger partial charge on any atom is 0.262 e. The fourth-order valence-electron chi connectivity index (χ4n) is 3.18. The van der Waals surface area contributed by atoms with Crippen LogP contribution in [0.25, 0.3) is 16.6 Å². The van der Waals surface area contributed by atoms with E-state index in [1.165, 1.54) is 15.3 Å². The minimum atomic E-state index is -0.300. The van der Waals surface area contributed by atoms with Gasteiger partial charge in [0.1, 0.15) is 6.54 Å². The molecule has 0 saturated heterocycles. The van der Waals surface area contributed by atoms with Gasteiger partial charge in [-0.3, -0.25) is 14.2 Å². The van der Waals surface area contributed by atoms with Crippen molar-refractivity contribution in [2.75, 3.05) is 5.32 Å². The summed E-state index contributed by atoms with van der Waals surface area (Å²) in [6.07, 6.45) is 1.45. The highest BCUT2D eigenvalue weighted by atomic mass is 35.5. The van der Waals surface area contributed by atoms with Crippen LogP contribution in [0.3, 0.4) is 0 Å². The number of nitrogens with one attached hydrogen (secondary N) is 1. The average molecular weight is 382 g/mol. The zero-order valence-electron chi connectivity index (χ0n) is 14.7. The van der Waals surface area contributed by atoms with Crippen LogP contribution in [0.1, 0.15) is 11.1 Å². The van der Waals surface area contributed by atoms with Gasteiger partial charge in [0, 0.05) is 10.7 Å². The molecule has 4 rings (SSSR count). The second kappa shape index (κ2) is 6.51. The molecule has 2 heterocycles. The highest BCUT2D eigenvalue weighted by Crippen LogP contribution is 2.20. The second-order valence-corrected chi connectivity index (χ2v) is 6.81. The van der Waals surface area contributed by atoms with Crippen molar-refractivity contribution in [3.63, 3.8) is 0 Å².